The molecule has 0 unspecified atom stereocenters. The Bertz CT molecular complexity index is 1150. The van der Waals surface area contributed by atoms with Crippen LogP contribution in [0, 0.1) is 18.6 Å². The van der Waals surface area contributed by atoms with Crippen molar-refractivity contribution < 1.29 is 22.0 Å². The Hall–Kier alpha value is -3.26. The first-order valence-electron chi connectivity index (χ1n) is 8.20. The molecule has 3 aromatic rings. The number of sulfonamides is 1. The summed E-state index contributed by atoms with van der Waals surface area (Å²) in [6.45, 7) is 1.58. The zero-order chi connectivity index (χ0) is 20.3. The zero-order valence-electron chi connectivity index (χ0n) is 14.7. The molecule has 0 bridgehead atoms. The van der Waals surface area contributed by atoms with E-state index in [9.17, 15) is 22.0 Å². The van der Waals surface area contributed by atoms with E-state index in [0.29, 0.717) is 5.56 Å². The largest absolute Gasteiger partial charge is 0.322 e. The van der Waals surface area contributed by atoms with Crippen LogP contribution in [-0.2, 0) is 10.0 Å². The highest BCUT2D eigenvalue weighted by molar-refractivity contribution is 7.92. The Morgan fingerprint density at radius 1 is 0.857 bits per heavy atom. The first-order valence-corrected chi connectivity index (χ1v) is 9.69. The molecule has 0 fully saturated rings. The maximum atomic E-state index is 13.3. The predicted octanol–water partition coefficient (Wildman–Crippen LogP) is 4.33. The van der Waals surface area contributed by atoms with E-state index in [-0.39, 0.29) is 21.8 Å². The first-order chi connectivity index (χ1) is 13.2. The van der Waals surface area contributed by atoms with Crippen LogP contribution in [0.15, 0.2) is 71.6 Å². The van der Waals surface area contributed by atoms with E-state index >= 15 is 0 Å². The highest BCUT2D eigenvalue weighted by Crippen LogP contribution is 2.22. The molecule has 2 N–H and O–H groups in total. The molecule has 3 rings (SSSR count). The molecule has 0 spiro atoms. The van der Waals surface area contributed by atoms with Crippen LogP contribution in [-0.4, -0.2) is 14.3 Å². The molecule has 0 aliphatic rings. The molecular weight excluding hydrogens is 386 g/mol. The third kappa shape index (κ3) is 4.52. The third-order valence-electron chi connectivity index (χ3n) is 3.90. The van der Waals surface area contributed by atoms with Gasteiger partial charge in [0.05, 0.1) is 10.6 Å². The van der Waals surface area contributed by atoms with Crippen LogP contribution >= 0.6 is 0 Å². The minimum Gasteiger partial charge on any atom is -0.322 e. The van der Waals surface area contributed by atoms with Crippen LogP contribution < -0.4 is 10.0 Å². The van der Waals surface area contributed by atoms with Gasteiger partial charge < -0.3 is 5.32 Å². The van der Waals surface area contributed by atoms with Crippen LogP contribution in [0.4, 0.5) is 20.2 Å². The summed E-state index contributed by atoms with van der Waals surface area (Å²) in [5, 5.41) is 2.51. The van der Waals surface area contributed by atoms with Gasteiger partial charge >= 0.3 is 0 Å². The lowest BCUT2D eigenvalue weighted by Crippen LogP contribution is -2.17. The number of hydrogen-bond donors (Lipinski definition) is 2. The van der Waals surface area contributed by atoms with E-state index in [4.69, 9.17) is 0 Å². The number of aryl methyl sites for hydroxylation is 1. The van der Waals surface area contributed by atoms with E-state index in [1.54, 1.807) is 6.92 Å². The molecule has 0 radical (unpaired) electrons. The predicted molar refractivity (Wildman–Crippen MR) is 103 cm³/mol. The second-order valence-corrected chi connectivity index (χ2v) is 7.71. The lowest BCUT2D eigenvalue weighted by Gasteiger charge is -2.12. The number of anilines is 2. The molecule has 0 atom stereocenters. The number of rotatable bonds is 5. The topological polar surface area (TPSA) is 75.3 Å². The molecule has 0 saturated carbocycles. The highest BCUT2D eigenvalue weighted by Gasteiger charge is 2.20. The first kappa shape index (κ1) is 19.5. The van der Waals surface area contributed by atoms with E-state index in [1.807, 2.05) is 0 Å². The number of amides is 1. The van der Waals surface area contributed by atoms with Crippen molar-refractivity contribution in [1.82, 2.24) is 0 Å². The zero-order valence-corrected chi connectivity index (χ0v) is 15.6. The molecule has 3 aromatic carbocycles. The fourth-order valence-electron chi connectivity index (χ4n) is 2.56. The van der Waals surface area contributed by atoms with Crippen LogP contribution in [0.2, 0.25) is 0 Å². The molecule has 0 aliphatic heterocycles. The van der Waals surface area contributed by atoms with Gasteiger partial charge in [0.15, 0.2) is 0 Å². The smallest absolute Gasteiger partial charge is 0.262 e. The number of halogens is 2. The van der Waals surface area contributed by atoms with E-state index < -0.39 is 27.6 Å². The third-order valence-corrected chi connectivity index (χ3v) is 5.42. The van der Waals surface area contributed by atoms with Crippen LogP contribution in [0.25, 0.3) is 0 Å². The summed E-state index contributed by atoms with van der Waals surface area (Å²) < 4.78 is 54.3. The molecule has 5 nitrogen and oxygen atoms in total. The summed E-state index contributed by atoms with van der Waals surface area (Å²) in [6.07, 6.45) is 0. The summed E-state index contributed by atoms with van der Waals surface area (Å²) in [5.74, 6) is -1.68. The van der Waals surface area contributed by atoms with E-state index in [0.717, 1.165) is 12.1 Å². The van der Waals surface area contributed by atoms with Gasteiger partial charge in [-0.1, -0.05) is 18.2 Å². The Morgan fingerprint density at radius 2 is 1.46 bits per heavy atom. The van der Waals surface area contributed by atoms with Gasteiger partial charge in [-0.2, -0.15) is 0 Å². The number of nitrogens with one attached hydrogen (secondary N) is 2. The minimum absolute atomic E-state index is 0.0639. The summed E-state index contributed by atoms with van der Waals surface area (Å²) >= 11 is 0. The standard InChI is InChI=1S/C20H16F2N2O3S/c1-13-8-9-14(20(25)23-17-6-2-4-15(21)11-17)10-19(13)28(26,27)24-18-7-3-5-16(22)12-18/h2-12,24H,1H3,(H,23,25). The Labute approximate surface area is 161 Å². The van der Waals surface area contributed by atoms with Crippen LogP contribution in [0.5, 0.6) is 0 Å². The van der Waals surface area contributed by atoms with Crippen LogP contribution in [0.1, 0.15) is 15.9 Å². The average Bonchev–Trinajstić information content (AvgIpc) is 2.61. The lowest BCUT2D eigenvalue weighted by molar-refractivity contribution is 0.102. The fourth-order valence-corrected chi connectivity index (χ4v) is 3.88. The minimum atomic E-state index is -4.05. The second-order valence-electron chi connectivity index (χ2n) is 6.06. The van der Waals surface area contributed by atoms with Crippen molar-refractivity contribution in [3.05, 3.63) is 89.5 Å². The van der Waals surface area contributed by atoms with Gasteiger partial charge in [0, 0.05) is 11.3 Å². The molecule has 8 heteroatoms. The number of carbonyl (C=O) groups is 1. The molecule has 0 aromatic heterocycles. The Kier molecular flexibility index (Phi) is 5.41. The molecule has 1 amide bonds. The van der Waals surface area contributed by atoms with Gasteiger partial charge in [0.1, 0.15) is 11.6 Å². The molecule has 0 saturated heterocycles. The normalized spacial score (nSPS) is 11.1. The van der Waals surface area contributed by atoms with Crippen molar-refractivity contribution in [2.24, 2.45) is 0 Å². The van der Waals surface area contributed by atoms with Crippen molar-refractivity contribution in [2.75, 3.05) is 10.0 Å². The Morgan fingerprint density at radius 3 is 2.11 bits per heavy atom. The van der Waals surface area contributed by atoms with Crippen molar-refractivity contribution in [3.63, 3.8) is 0 Å². The fraction of sp³-hybridized carbons (Fsp3) is 0.0500. The lowest BCUT2D eigenvalue weighted by atomic mass is 10.1. The maximum absolute atomic E-state index is 13.3. The molecule has 144 valence electrons. The molecule has 0 heterocycles. The van der Waals surface area contributed by atoms with Crippen LogP contribution in [0.3, 0.4) is 0 Å². The molecule has 28 heavy (non-hydrogen) atoms. The molecular formula is C20H16F2N2O3S. The number of hydrogen-bond acceptors (Lipinski definition) is 3. The summed E-state index contributed by atoms with van der Waals surface area (Å²) in [4.78, 5) is 12.3. The highest BCUT2D eigenvalue weighted by atomic mass is 32.2. The van der Waals surface area contributed by atoms with Gasteiger partial charge in [-0.05, 0) is 61.0 Å². The van der Waals surface area contributed by atoms with Crippen molar-refractivity contribution in [3.8, 4) is 0 Å². The monoisotopic (exact) mass is 402 g/mol. The van der Waals surface area contributed by atoms with Gasteiger partial charge in [-0.25, -0.2) is 17.2 Å². The molecule has 0 aliphatic carbocycles. The van der Waals surface area contributed by atoms with Crippen molar-refractivity contribution in [1.29, 1.82) is 0 Å². The summed E-state index contributed by atoms with van der Waals surface area (Å²) in [6, 6.07) is 14.5. The number of benzene rings is 3. The van der Waals surface area contributed by atoms with Gasteiger partial charge in [-0.15, -0.1) is 0 Å². The van der Waals surface area contributed by atoms with Gasteiger partial charge in [0.25, 0.3) is 15.9 Å². The Balaban J connectivity index is 1.89. The van der Waals surface area contributed by atoms with E-state index in [2.05, 4.69) is 10.0 Å². The summed E-state index contributed by atoms with van der Waals surface area (Å²) in [5.41, 5.74) is 0.794. The SMILES string of the molecule is Cc1ccc(C(=O)Nc2cccc(F)c2)cc1S(=O)(=O)Nc1cccc(F)c1. The average molecular weight is 402 g/mol. The second kappa shape index (κ2) is 7.77. The van der Waals surface area contributed by atoms with E-state index in [1.165, 1.54) is 54.6 Å². The van der Waals surface area contributed by atoms with Crippen molar-refractivity contribution in [2.45, 2.75) is 11.8 Å². The summed E-state index contributed by atoms with van der Waals surface area (Å²) in [7, 11) is -4.05. The van der Waals surface area contributed by atoms with Crippen molar-refractivity contribution >= 4 is 27.3 Å². The maximum Gasteiger partial charge on any atom is 0.262 e. The number of carbonyl (C=O) groups excluding carboxylic acids is 1. The van der Waals surface area contributed by atoms with Gasteiger partial charge in [-0.3, -0.25) is 9.52 Å². The van der Waals surface area contributed by atoms with Gasteiger partial charge in [0.2, 0.25) is 0 Å². The quantitative estimate of drug-likeness (QED) is 0.667.